The van der Waals surface area contributed by atoms with E-state index in [-0.39, 0.29) is 0 Å². The largest absolute Gasteiger partial charge is 0.265 e. The van der Waals surface area contributed by atoms with Gasteiger partial charge in [-0.3, -0.25) is 4.98 Å². The van der Waals surface area contributed by atoms with Gasteiger partial charge in [-0.05, 0) is 59.5 Å². The molecule has 0 spiro atoms. The van der Waals surface area contributed by atoms with Gasteiger partial charge in [0.2, 0.25) is 0 Å². The molecule has 0 saturated heterocycles. The fourth-order valence-electron chi connectivity index (χ4n) is 3.59. The fourth-order valence-corrected chi connectivity index (χ4v) is 3.59. The maximum Gasteiger partial charge on any atom is 0.163 e. The molecule has 4 nitrogen and oxygen atoms in total. The molecule has 4 heteroatoms. The standard InChI is InChI=1S/C27H20N4/c1-19-29-26(22-10-6-3-7-11-22)31-27(30-19)25-17-23(20-8-4-2-5-9-20)16-24(18-25)21-12-14-28-15-13-21/h2-18H,1H3. The van der Waals surface area contributed by atoms with E-state index in [1.807, 2.05) is 67.8 Å². The molecular weight excluding hydrogens is 380 g/mol. The zero-order valence-electron chi connectivity index (χ0n) is 17.1. The summed E-state index contributed by atoms with van der Waals surface area (Å²) in [6.45, 7) is 1.91. The molecule has 0 bridgehead atoms. The van der Waals surface area contributed by atoms with E-state index in [0.717, 1.165) is 33.4 Å². The lowest BCUT2D eigenvalue weighted by Crippen LogP contribution is -2.00. The van der Waals surface area contributed by atoms with Gasteiger partial charge in [-0.25, -0.2) is 15.0 Å². The summed E-state index contributed by atoms with van der Waals surface area (Å²) in [5, 5.41) is 0. The second-order valence-electron chi connectivity index (χ2n) is 7.30. The summed E-state index contributed by atoms with van der Waals surface area (Å²) in [5.74, 6) is 2.04. The van der Waals surface area contributed by atoms with Crippen LogP contribution in [-0.2, 0) is 0 Å². The highest BCUT2D eigenvalue weighted by molar-refractivity contribution is 5.79. The Morgan fingerprint density at radius 1 is 0.452 bits per heavy atom. The highest BCUT2D eigenvalue weighted by Crippen LogP contribution is 2.32. The number of hydrogen-bond donors (Lipinski definition) is 0. The Bertz CT molecular complexity index is 1260. The summed E-state index contributed by atoms with van der Waals surface area (Å²) >= 11 is 0. The van der Waals surface area contributed by atoms with Gasteiger partial charge in [-0.15, -0.1) is 0 Å². The average molecular weight is 400 g/mol. The molecule has 0 unspecified atom stereocenters. The second kappa shape index (κ2) is 8.28. The van der Waals surface area contributed by atoms with Crippen LogP contribution in [0.4, 0.5) is 0 Å². The molecule has 0 aliphatic carbocycles. The minimum Gasteiger partial charge on any atom is -0.265 e. The van der Waals surface area contributed by atoms with Gasteiger partial charge in [0.1, 0.15) is 5.82 Å². The molecule has 5 rings (SSSR count). The monoisotopic (exact) mass is 400 g/mol. The molecule has 0 saturated carbocycles. The van der Waals surface area contributed by atoms with E-state index in [1.54, 1.807) is 0 Å². The predicted molar refractivity (Wildman–Crippen MR) is 124 cm³/mol. The van der Waals surface area contributed by atoms with Crippen LogP contribution in [0.3, 0.4) is 0 Å². The lowest BCUT2D eigenvalue weighted by atomic mass is 9.96. The Morgan fingerprint density at radius 3 is 1.55 bits per heavy atom. The number of aromatic nitrogens is 4. The van der Waals surface area contributed by atoms with Crippen molar-refractivity contribution in [1.82, 2.24) is 19.9 Å². The highest BCUT2D eigenvalue weighted by atomic mass is 15.0. The van der Waals surface area contributed by atoms with E-state index in [2.05, 4.69) is 57.4 Å². The topological polar surface area (TPSA) is 51.6 Å². The van der Waals surface area contributed by atoms with Crippen molar-refractivity contribution in [2.45, 2.75) is 6.92 Å². The normalized spacial score (nSPS) is 10.7. The van der Waals surface area contributed by atoms with Crippen LogP contribution < -0.4 is 0 Å². The number of rotatable bonds is 4. The van der Waals surface area contributed by atoms with Gasteiger partial charge in [0, 0.05) is 23.5 Å². The molecule has 0 aliphatic rings. The first kappa shape index (κ1) is 18.8. The summed E-state index contributed by atoms with van der Waals surface area (Å²) in [4.78, 5) is 18.2. The van der Waals surface area contributed by atoms with Crippen LogP contribution in [0.5, 0.6) is 0 Å². The van der Waals surface area contributed by atoms with Crippen LogP contribution in [0.1, 0.15) is 5.82 Å². The van der Waals surface area contributed by atoms with Crippen molar-refractivity contribution < 1.29 is 0 Å². The first-order valence-electron chi connectivity index (χ1n) is 10.2. The van der Waals surface area contributed by atoms with E-state index in [9.17, 15) is 0 Å². The summed E-state index contributed by atoms with van der Waals surface area (Å²) < 4.78 is 0. The van der Waals surface area contributed by atoms with Gasteiger partial charge in [0.25, 0.3) is 0 Å². The minimum absolute atomic E-state index is 0.666. The van der Waals surface area contributed by atoms with Crippen molar-refractivity contribution in [1.29, 1.82) is 0 Å². The molecule has 0 radical (unpaired) electrons. The average Bonchev–Trinajstić information content (AvgIpc) is 2.85. The van der Waals surface area contributed by atoms with Gasteiger partial charge >= 0.3 is 0 Å². The van der Waals surface area contributed by atoms with Crippen LogP contribution in [0.2, 0.25) is 0 Å². The van der Waals surface area contributed by atoms with Crippen molar-refractivity contribution >= 4 is 0 Å². The SMILES string of the molecule is Cc1nc(-c2ccccc2)nc(-c2cc(-c3ccccc3)cc(-c3ccncc3)c2)n1. The molecule has 0 fully saturated rings. The Hall–Kier alpha value is -4.18. The van der Waals surface area contributed by atoms with Gasteiger partial charge in [0.15, 0.2) is 11.6 Å². The third kappa shape index (κ3) is 4.09. The maximum absolute atomic E-state index is 4.81. The molecule has 5 aromatic rings. The van der Waals surface area contributed by atoms with Gasteiger partial charge in [-0.1, -0.05) is 60.7 Å². The smallest absolute Gasteiger partial charge is 0.163 e. The zero-order valence-corrected chi connectivity index (χ0v) is 17.1. The Kier molecular flexibility index (Phi) is 5.03. The molecular formula is C27H20N4. The quantitative estimate of drug-likeness (QED) is 0.358. The van der Waals surface area contributed by atoms with Gasteiger partial charge < -0.3 is 0 Å². The number of nitrogens with zero attached hydrogens (tertiary/aromatic N) is 4. The first-order chi connectivity index (χ1) is 15.3. The van der Waals surface area contributed by atoms with Gasteiger partial charge in [-0.2, -0.15) is 0 Å². The third-order valence-electron chi connectivity index (χ3n) is 5.09. The first-order valence-corrected chi connectivity index (χ1v) is 10.2. The van der Waals surface area contributed by atoms with Crippen LogP contribution in [0.15, 0.2) is 103 Å². The van der Waals surface area contributed by atoms with Crippen LogP contribution >= 0.6 is 0 Å². The van der Waals surface area contributed by atoms with E-state index < -0.39 is 0 Å². The number of aryl methyl sites for hydroxylation is 1. The molecule has 31 heavy (non-hydrogen) atoms. The van der Waals surface area contributed by atoms with Crippen LogP contribution in [-0.4, -0.2) is 19.9 Å². The summed E-state index contributed by atoms with van der Waals surface area (Å²) in [5.41, 5.74) is 6.39. The second-order valence-corrected chi connectivity index (χ2v) is 7.30. The zero-order chi connectivity index (χ0) is 21.0. The Morgan fingerprint density at radius 2 is 0.935 bits per heavy atom. The van der Waals surface area contributed by atoms with Crippen molar-refractivity contribution in [3.05, 3.63) is 109 Å². The lowest BCUT2D eigenvalue weighted by Gasteiger charge is -2.11. The number of benzene rings is 3. The van der Waals surface area contributed by atoms with E-state index in [0.29, 0.717) is 17.5 Å². The molecule has 0 aliphatic heterocycles. The van der Waals surface area contributed by atoms with Crippen molar-refractivity contribution in [3.63, 3.8) is 0 Å². The van der Waals surface area contributed by atoms with Crippen molar-refractivity contribution in [2.24, 2.45) is 0 Å². The molecule has 2 aromatic heterocycles. The molecule has 3 aromatic carbocycles. The van der Waals surface area contributed by atoms with Crippen LogP contribution in [0, 0.1) is 6.92 Å². The molecule has 148 valence electrons. The number of pyridine rings is 1. The molecule has 2 heterocycles. The van der Waals surface area contributed by atoms with E-state index >= 15 is 0 Å². The summed E-state index contributed by atoms with van der Waals surface area (Å²) in [7, 11) is 0. The Labute approximate surface area is 181 Å². The van der Waals surface area contributed by atoms with Crippen LogP contribution in [0.25, 0.3) is 45.0 Å². The van der Waals surface area contributed by atoms with E-state index in [4.69, 9.17) is 4.98 Å². The summed E-state index contributed by atoms with van der Waals surface area (Å²) in [6.07, 6.45) is 3.62. The minimum atomic E-state index is 0.666. The summed E-state index contributed by atoms with van der Waals surface area (Å²) in [6, 6.07) is 30.9. The van der Waals surface area contributed by atoms with E-state index in [1.165, 1.54) is 0 Å². The van der Waals surface area contributed by atoms with Gasteiger partial charge in [0.05, 0.1) is 0 Å². The van der Waals surface area contributed by atoms with Crippen molar-refractivity contribution in [3.8, 4) is 45.0 Å². The fraction of sp³-hybridized carbons (Fsp3) is 0.0370. The number of hydrogen-bond acceptors (Lipinski definition) is 4. The lowest BCUT2D eigenvalue weighted by molar-refractivity contribution is 0.992. The van der Waals surface area contributed by atoms with Crippen molar-refractivity contribution in [2.75, 3.05) is 0 Å². The maximum atomic E-state index is 4.81. The molecule has 0 amide bonds. The highest BCUT2D eigenvalue weighted by Gasteiger charge is 2.12. The molecule has 0 N–H and O–H groups in total. The molecule has 0 atom stereocenters. The third-order valence-corrected chi connectivity index (χ3v) is 5.09. The Balaban J connectivity index is 1.70. The predicted octanol–water partition coefficient (Wildman–Crippen LogP) is 6.24.